The Bertz CT molecular complexity index is 500. The van der Waals surface area contributed by atoms with Crippen molar-refractivity contribution >= 4 is 12.1 Å². The molecule has 0 saturated heterocycles. The van der Waals surface area contributed by atoms with Crippen molar-refractivity contribution in [1.29, 1.82) is 0 Å². The minimum Gasteiger partial charge on any atom is -0.434 e. The summed E-state index contributed by atoms with van der Waals surface area (Å²) >= 11 is 0. The monoisotopic (exact) mass is 508 g/mol. The molecule has 4 heteroatoms. The number of esters is 1. The molecule has 36 heavy (non-hydrogen) atoms. The third-order valence-electron chi connectivity index (χ3n) is 6.81. The summed E-state index contributed by atoms with van der Waals surface area (Å²) in [4.78, 5) is 23.4. The zero-order valence-corrected chi connectivity index (χ0v) is 24.2. The van der Waals surface area contributed by atoms with Crippen molar-refractivity contribution in [2.24, 2.45) is 0 Å². The standard InChI is InChI=1S/C32H60O4/c1-3-5-7-9-11-13-15-16-17-18-19-21-23-25-27-29-31(33)36-32(34)35-30-28-26-24-22-20-14-12-10-8-6-4-2/h16-17H,3-15,18-30H2,1-2H3. The van der Waals surface area contributed by atoms with E-state index in [9.17, 15) is 9.59 Å². The maximum absolute atomic E-state index is 11.8. The molecule has 0 atom stereocenters. The Morgan fingerprint density at radius 3 is 1.36 bits per heavy atom. The molecular weight excluding hydrogens is 448 g/mol. The van der Waals surface area contributed by atoms with Gasteiger partial charge in [0.25, 0.3) is 0 Å². The Hall–Kier alpha value is -1.32. The van der Waals surface area contributed by atoms with Crippen molar-refractivity contribution in [1.82, 2.24) is 0 Å². The van der Waals surface area contributed by atoms with Gasteiger partial charge in [0.15, 0.2) is 0 Å². The molecule has 0 rings (SSSR count). The third-order valence-corrected chi connectivity index (χ3v) is 6.81. The molecule has 0 aromatic carbocycles. The molecule has 0 aromatic rings. The minimum absolute atomic E-state index is 0.297. The van der Waals surface area contributed by atoms with E-state index in [-0.39, 0.29) is 0 Å². The van der Waals surface area contributed by atoms with Gasteiger partial charge in [0.05, 0.1) is 6.61 Å². The Morgan fingerprint density at radius 2 is 0.889 bits per heavy atom. The number of hydrogen-bond donors (Lipinski definition) is 0. The van der Waals surface area contributed by atoms with Gasteiger partial charge >= 0.3 is 12.1 Å². The second-order valence-corrected chi connectivity index (χ2v) is 10.4. The molecule has 0 spiro atoms. The highest BCUT2D eigenvalue weighted by Gasteiger charge is 2.11. The molecule has 0 fully saturated rings. The Balaban J connectivity index is 3.34. The molecule has 0 aliphatic rings. The fraction of sp³-hybridized carbons (Fsp3) is 0.875. The van der Waals surface area contributed by atoms with Crippen LogP contribution in [0.1, 0.15) is 174 Å². The minimum atomic E-state index is -0.833. The van der Waals surface area contributed by atoms with Gasteiger partial charge in [-0.2, -0.15) is 0 Å². The second kappa shape index (κ2) is 29.9. The lowest BCUT2D eigenvalue weighted by molar-refractivity contribution is -0.139. The number of rotatable bonds is 27. The third kappa shape index (κ3) is 28.9. The lowest BCUT2D eigenvalue weighted by atomic mass is 10.1. The number of carbonyl (C=O) groups is 2. The zero-order valence-electron chi connectivity index (χ0n) is 24.2. The van der Waals surface area contributed by atoms with E-state index in [0.29, 0.717) is 13.0 Å². The Labute approximate surface area is 224 Å². The van der Waals surface area contributed by atoms with Crippen molar-refractivity contribution in [2.75, 3.05) is 6.61 Å². The van der Waals surface area contributed by atoms with Crippen LogP contribution in [0.2, 0.25) is 0 Å². The molecule has 0 saturated carbocycles. The van der Waals surface area contributed by atoms with Crippen LogP contribution in [0.4, 0.5) is 4.79 Å². The number of unbranched alkanes of at least 4 members (excludes halogenated alkanes) is 21. The Kier molecular flexibility index (Phi) is 28.8. The highest BCUT2D eigenvalue weighted by Crippen LogP contribution is 2.12. The quantitative estimate of drug-likeness (QED) is 0.0479. The van der Waals surface area contributed by atoms with Crippen LogP contribution in [0.15, 0.2) is 12.2 Å². The van der Waals surface area contributed by atoms with E-state index in [4.69, 9.17) is 9.47 Å². The van der Waals surface area contributed by atoms with Crippen LogP contribution < -0.4 is 0 Å². The summed E-state index contributed by atoms with van der Waals surface area (Å²) in [5.74, 6) is -0.462. The molecule has 0 bridgehead atoms. The van der Waals surface area contributed by atoms with Crippen LogP contribution in [0.5, 0.6) is 0 Å². The van der Waals surface area contributed by atoms with E-state index < -0.39 is 12.1 Å². The lowest BCUT2D eigenvalue weighted by Gasteiger charge is -2.05. The SMILES string of the molecule is CCCCCCCCC=CCCCCCCCC(=O)OC(=O)OCCCCCCCCCCCCC. The van der Waals surface area contributed by atoms with Crippen LogP contribution in [0.3, 0.4) is 0 Å². The van der Waals surface area contributed by atoms with E-state index in [1.54, 1.807) is 0 Å². The van der Waals surface area contributed by atoms with E-state index in [1.807, 2.05) is 0 Å². The molecule has 0 aromatic heterocycles. The average Bonchev–Trinajstić information content (AvgIpc) is 2.87. The molecule has 0 aliphatic heterocycles. The maximum Gasteiger partial charge on any atom is 0.516 e. The molecular formula is C32H60O4. The summed E-state index contributed by atoms with van der Waals surface area (Å²) in [7, 11) is 0. The van der Waals surface area contributed by atoms with E-state index in [1.165, 1.54) is 116 Å². The van der Waals surface area contributed by atoms with Crippen molar-refractivity contribution in [3.8, 4) is 0 Å². The maximum atomic E-state index is 11.8. The average molecular weight is 509 g/mol. The molecule has 0 radical (unpaired) electrons. The highest BCUT2D eigenvalue weighted by atomic mass is 16.7. The summed E-state index contributed by atoms with van der Waals surface area (Å²) < 4.78 is 9.80. The van der Waals surface area contributed by atoms with Gasteiger partial charge in [0.2, 0.25) is 0 Å². The van der Waals surface area contributed by atoms with E-state index >= 15 is 0 Å². The van der Waals surface area contributed by atoms with Crippen LogP contribution >= 0.6 is 0 Å². The summed E-state index contributed by atoms with van der Waals surface area (Å²) in [6.07, 6.45) is 33.7. The molecule has 0 unspecified atom stereocenters. The first-order valence-electron chi connectivity index (χ1n) is 15.7. The van der Waals surface area contributed by atoms with E-state index in [2.05, 4.69) is 26.0 Å². The Morgan fingerprint density at radius 1 is 0.500 bits per heavy atom. The predicted octanol–water partition coefficient (Wildman–Crippen LogP) is 11.0. The zero-order chi connectivity index (χ0) is 26.4. The summed E-state index contributed by atoms with van der Waals surface area (Å²) in [5.41, 5.74) is 0. The van der Waals surface area contributed by atoms with Crippen LogP contribution in [0.25, 0.3) is 0 Å². The highest BCUT2D eigenvalue weighted by molar-refractivity contribution is 5.81. The summed E-state index contributed by atoms with van der Waals surface area (Å²) in [6, 6.07) is 0. The molecule has 212 valence electrons. The first-order valence-corrected chi connectivity index (χ1v) is 15.7. The summed E-state index contributed by atoms with van der Waals surface area (Å²) in [5, 5.41) is 0. The van der Waals surface area contributed by atoms with Gasteiger partial charge in [0.1, 0.15) is 0 Å². The van der Waals surface area contributed by atoms with Gasteiger partial charge in [-0.1, -0.05) is 142 Å². The van der Waals surface area contributed by atoms with Crippen molar-refractivity contribution in [3.05, 3.63) is 12.2 Å². The van der Waals surface area contributed by atoms with Gasteiger partial charge in [0, 0.05) is 6.42 Å². The molecule has 4 nitrogen and oxygen atoms in total. The van der Waals surface area contributed by atoms with Crippen LogP contribution in [-0.4, -0.2) is 18.7 Å². The first kappa shape index (κ1) is 34.7. The molecule has 0 heterocycles. The first-order chi connectivity index (χ1) is 17.7. The lowest BCUT2D eigenvalue weighted by Crippen LogP contribution is -2.14. The van der Waals surface area contributed by atoms with Crippen molar-refractivity contribution in [2.45, 2.75) is 174 Å². The van der Waals surface area contributed by atoms with E-state index in [0.717, 1.165) is 38.5 Å². The normalized spacial score (nSPS) is 11.3. The van der Waals surface area contributed by atoms with Gasteiger partial charge in [-0.15, -0.1) is 0 Å². The van der Waals surface area contributed by atoms with Gasteiger partial charge in [-0.25, -0.2) is 4.79 Å². The van der Waals surface area contributed by atoms with Gasteiger partial charge in [-0.3, -0.25) is 4.79 Å². The van der Waals surface area contributed by atoms with Gasteiger partial charge in [-0.05, 0) is 38.5 Å². The summed E-state index contributed by atoms with van der Waals surface area (Å²) in [6.45, 7) is 4.86. The second-order valence-electron chi connectivity index (χ2n) is 10.4. The number of carbonyl (C=O) groups excluding carboxylic acids is 2. The van der Waals surface area contributed by atoms with Gasteiger partial charge < -0.3 is 9.47 Å². The molecule has 0 amide bonds. The van der Waals surface area contributed by atoms with Crippen LogP contribution in [-0.2, 0) is 14.3 Å². The number of ether oxygens (including phenoxy) is 2. The van der Waals surface area contributed by atoms with Crippen molar-refractivity contribution in [3.63, 3.8) is 0 Å². The number of hydrogen-bond acceptors (Lipinski definition) is 4. The fourth-order valence-corrected chi connectivity index (χ4v) is 4.44. The smallest absolute Gasteiger partial charge is 0.434 e. The van der Waals surface area contributed by atoms with Crippen LogP contribution in [0, 0.1) is 0 Å². The predicted molar refractivity (Wildman–Crippen MR) is 153 cm³/mol. The number of allylic oxidation sites excluding steroid dienone is 2. The largest absolute Gasteiger partial charge is 0.516 e. The molecule has 0 N–H and O–H groups in total. The topological polar surface area (TPSA) is 52.6 Å². The van der Waals surface area contributed by atoms with Crippen molar-refractivity contribution < 1.29 is 19.1 Å². The molecule has 0 aliphatic carbocycles. The fourth-order valence-electron chi connectivity index (χ4n) is 4.44.